The molecule has 3 saturated heterocycles. The highest BCUT2D eigenvalue weighted by atomic mass is 19.3. The number of piperidine rings is 1. The van der Waals surface area contributed by atoms with Crippen molar-refractivity contribution in [2.24, 2.45) is 0 Å². The number of rotatable bonds is 5. The summed E-state index contributed by atoms with van der Waals surface area (Å²) in [5.74, 6) is -0.881. The van der Waals surface area contributed by atoms with Crippen LogP contribution in [0.25, 0.3) is 10.9 Å². The van der Waals surface area contributed by atoms with Crippen LogP contribution in [0.15, 0.2) is 42.6 Å². The molecule has 2 unspecified atom stereocenters. The molecule has 4 heterocycles. The molecule has 0 radical (unpaired) electrons. The zero-order valence-corrected chi connectivity index (χ0v) is 17.1. The standard InChI is InChI=1S/C23H23F3N4O/c1-13(17-3-2-4-18(22(17)24)23(25)26)28-21-10-27-29-20-8-6-14(9-19(20)21)30-11-16-7-5-15(30)12-31-16/h2-4,6,8-10,13,15-16,23H,5,7,11-12H2,1H3,(H,28,29)/t13-,15?,16?/m1/s1. The first kappa shape index (κ1) is 20.1. The molecule has 3 fully saturated rings. The second-order valence-electron chi connectivity index (χ2n) is 8.22. The minimum Gasteiger partial charge on any atom is -0.377 e. The van der Waals surface area contributed by atoms with Crippen molar-refractivity contribution >= 4 is 22.3 Å². The Bertz CT molecular complexity index is 1100. The number of morpholine rings is 1. The molecule has 2 bridgehead atoms. The monoisotopic (exact) mass is 428 g/mol. The molecule has 1 N–H and O–H groups in total. The molecule has 5 nitrogen and oxygen atoms in total. The van der Waals surface area contributed by atoms with Gasteiger partial charge >= 0.3 is 0 Å². The number of nitrogens with one attached hydrogen (secondary N) is 1. The van der Waals surface area contributed by atoms with Gasteiger partial charge in [0.1, 0.15) is 5.82 Å². The van der Waals surface area contributed by atoms with Gasteiger partial charge in [0.05, 0.1) is 47.8 Å². The third-order valence-corrected chi connectivity index (χ3v) is 6.27. The van der Waals surface area contributed by atoms with E-state index in [0.29, 0.717) is 17.2 Å². The largest absolute Gasteiger partial charge is 0.377 e. The van der Waals surface area contributed by atoms with Crippen molar-refractivity contribution in [2.45, 2.75) is 44.4 Å². The van der Waals surface area contributed by atoms with Crippen LogP contribution in [0.3, 0.4) is 0 Å². The predicted octanol–water partition coefficient (Wildman–Crippen LogP) is 5.25. The normalized spacial score (nSPS) is 21.6. The Labute approximate surface area is 178 Å². The van der Waals surface area contributed by atoms with Crippen LogP contribution in [0.5, 0.6) is 0 Å². The molecule has 0 saturated carbocycles. The highest BCUT2D eigenvalue weighted by Gasteiger charge is 2.34. The van der Waals surface area contributed by atoms with Crippen molar-refractivity contribution in [2.75, 3.05) is 23.4 Å². The Morgan fingerprint density at radius 1 is 1.16 bits per heavy atom. The van der Waals surface area contributed by atoms with Gasteiger partial charge in [-0.2, -0.15) is 10.2 Å². The van der Waals surface area contributed by atoms with Gasteiger partial charge in [-0.15, -0.1) is 0 Å². The Balaban J connectivity index is 1.47. The van der Waals surface area contributed by atoms with Crippen LogP contribution < -0.4 is 10.2 Å². The zero-order chi connectivity index (χ0) is 21.5. The minimum atomic E-state index is -2.86. The zero-order valence-electron chi connectivity index (χ0n) is 17.1. The number of alkyl halides is 2. The van der Waals surface area contributed by atoms with Crippen LogP contribution in [-0.2, 0) is 4.74 Å². The Morgan fingerprint density at radius 2 is 2.00 bits per heavy atom. The van der Waals surface area contributed by atoms with Crippen molar-refractivity contribution in [3.05, 3.63) is 59.5 Å². The summed E-state index contributed by atoms with van der Waals surface area (Å²) in [5.41, 5.74) is 2.07. The van der Waals surface area contributed by atoms with Gasteiger partial charge < -0.3 is 15.0 Å². The number of benzene rings is 2. The van der Waals surface area contributed by atoms with Crippen LogP contribution in [-0.4, -0.2) is 35.5 Å². The molecular weight excluding hydrogens is 405 g/mol. The van der Waals surface area contributed by atoms with Crippen molar-refractivity contribution in [1.29, 1.82) is 0 Å². The predicted molar refractivity (Wildman–Crippen MR) is 113 cm³/mol. The van der Waals surface area contributed by atoms with E-state index in [4.69, 9.17) is 4.74 Å². The molecule has 3 aliphatic rings. The van der Waals surface area contributed by atoms with E-state index in [0.717, 1.165) is 43.1 Å². The van der Waals surface area contributed by atoms with Crippen molar-refractivity contribution in [3.8, 4) is 0 Å². The lowest BCUT2D eigenvalue weighted by Crippen LogP contribution is -2.54. The number of ether oxygens (including phenoxy) is 1. The second kappa shape index (κ2) is 8.00. The molecule has 3 aromatic rings. The fraction of sp³-hybridized carbons (Fsp3) is 0.391. The van der Waals surface area contributed by atoms with Crippen LogP contribution in [0.1, 0.15) is 43.4 Å². The molecule has 0 spiro atoms. The lowest BCUT2D eigenvalue weighted by molar-refractivity contribution is -0.0225. The van der Waals surface area contributed by atoms with Gasteiger partial charge in [-0.25, -0.2) is 13.2 Å². The maximum Gasteiger partial charge on any atom is 0.266 e. The van der Waals surface area contributed by atoms with E-state index in [1.807, 2.05) is 12.1 Å². The molecule has 6 rings (SSSR count). The van der Waals surface area contributed by atoms with Gasteiger partial charge in [-0.1, -0.05) is 18.2 Å². The average Bonchev–Trinajstić information content (AvgIpc) is 2.79. The van der Waals surface area contributed by atoms with Gasteiger partial charge in [0.15, 0.2) is 0 Å². The summed E-state index contributed by atoms with van der Waals surface area (Å²) in [4.78, 5) is 2.37. The summed E-state index contributed by atoms with van der Waals surface area (Å²) < 4.78 is 46.6. The number of aromatic nitrogens is 2. The summed E-state index contributed by atoms with van der Waals surface area (Å²) >= 11 is 0. The third-order valence-electron chi connectivity index (χ3n) is 6.27. The molecular formula is C23H23F3N4O. The Morgan fingerprint density at radius 3 is 2.71 bits per heavy atom. The maximum atomic E-state index is 14.6. The number of fused-ring (bicyclic) bond motifs is 4. The summed E-state index contributed by atoms with van der Waals surface area (Å²) in [5, 5.41) is 12.3. The van der Waals surface area contributed by atoms with Crippen molar-refractivity contribution < 1.29 is 17.9 Å². The number of halogens is 3. The molecule has 2 aromatic carbocycles. The van der Waals surface area contributed by atoms with E-state index in [-0.39, 0.29) is 11.7 Å². The topological polar surface area (TPSA) is 50.3 Å². The van der Waals surface area contributed by atoms with E-state index in [2.05, 4.69) is 26.5 Å². The fourth-order valence-corrected chi connectivity index (χ4v) is 4.59. The average molecular weight is 428 g/mol. The van der Waals surface area contributed by atoms with E-state index < -0.39 is 23.8 Å². The molecule has 8 heteroatoms. The fourth-order valence-electron chi connectivity index (χ4n) is 4.59. The molecule has 0 aliphatic carbocycles. The maximum absolute atomic E-state index is 14.6. The molecule has 0 amide bonds. The van der Waals surface area contributed by atoms with Gasteiger partial charge in [0.25, 0.3) is 6.43 Å². The second-order valence-corrected chi connectivity index (χ2v) is 8.22. The SMILES string of the molecule is C[C@@H](Nc1cnnc2ccc(N3CC4CCC3CO4)cc12)c1cccc(C(F)F)c1F. The number of hydrogen-bond acceptors (Lipinski definition) is 5. The lowest BCUT2D eigenvalue weighted by atomic mass is 9.96. The number of hydrogen-bond donors (Lipinski definition) is 1. The molecule has 3 aliphatic heterocycles. The summed E-state index contributed by atoms with van der Waals surface area (Å²) in [7, 11) is 0. The first-order valence-corrected chi connectivity index (χ1v) is 10.5. The van der Waals surface area contributed by atoms with Crippen LogP contribution >= 0.6 is 0 Å². The Kier molecular flexibility index (Phi) is 5.17. The molecule has 3 atom stereocenters. The molecule has 1 aromatic heterocycles. The van der Waals surface area contributed by atoms with E-state index in [1.165, 1.54) is 12.1 Å². The van der Waals surface area contributed by atoms with E-state index in [9.17, 15) is 13.2 Å². The molecule has 31 heavy (non-hydrogen) atoms. The third kappa shape index (κ3) is 3.69. The molecule has 162 valence electrons. The van der Waals surface area contributed by atoms with Gasteiger partial charge in [-0.3, -0.25) is 0 Å². The van der Waals surface area contributed by atoms with Gasteiger partial charge in [0, 0.05) is 23.2 Å². The first-order valence-electron chi connectivity index (χ1n) is 10.5. The van der Waals surface area contributed by atoms with Crippen molar-refractivity contribution in [3.63, 3.8) is 0 Å². The van der Waals surface area contributed by atoms with Crippen LogP contribution in [0, 0.1) is 5.82 Å². The highest BCUT2D eigenvalue weighted by Crippen LogP contribution is 2.35. The number of nitrogens with zero attached hydrogens (tertiary/aromatic N) is 3. The number of anilines is 2. The summed E-state index contributed by atoms with van der Waals surface area (Å²) in [6, 6.07) is 9.94. The Hall–Kier alpha value is -2.87. The minimum absolute atomic E-state index is 0.185. The van der Waals surface area contributed by atoms with Gasteiger partial charge in [0.2, 0.25) is 0 Å². The first-order chi connectivity index (χ1) is 15.0. The van der Waals surface area contributed by atoms with Crippen LogP contribution in [0.4, 0.5) is 24.5 Å². The smallest absolute Gasteiger partial charge is 0.266 e. The van der Waals surface area contributed by atoms with E-state index >= 15 is 0 Å². The van der Waals surface area contributed by atoms with E-state index in [1.54, 1.807) is 13.1 Å². The summed E-state index contributed by atoms with van der Waals surface area (Å²) in [6.07, 6.45) is 1.19. The van der Waals surface area contributed by atoms with Gasteiger partial charge in [-0.05, 0) is 38.0 Å². The van der Waals surface area contributed by atoms with Crippen LogP contribution in [0.2, 0.25) is 0 Å². The van der Waals surface area contributed by atoms with Crippen molar-refractivity contribution in [1.82, 2.24) is 10.2 Å². The lowest BCUT2D eigenvalue weighted by Gasteiger charge is -2.46. The quantitative estimate of drug-likeness (QED) is 0.602. The highest BCUT2D eigenvalue weighted by molar-refractivity contribution is 5.93. The summed E-state index contributed by atoms with van der Waals surface area (Å²) in [6.45, 7) is 3.34.